The second-order valence-corrected chi connectivity index (χ2v) is 13.3. The van der Waals surface area contributed by atoms with Gasteiger partial charge in [-0.3, -0.25) is 19.2 Å². The molecule has 0 spiro atoms. The van der Waals surface area contributed by atoms with E-state index in [1.807, 2.05) is 73.3 Å². The van der Waals surface area contributed by atoms with Crippen molar-refractivity contribution in [2.45, 2.75) is 50.9 Å². The van der Waals surface area contributed by atoms with Gasteiger partial charge in [0.05, 0.1) is 10.0 Å². The van der Waals surface area contributed by atoms with Crippen molar-refractivity contribution in [3.63, 3.8) is 0 Å². The number of benzene rings is 2. The maximum Gasteiger partial charge on any atom is 0.274 e. The lowest BCUT2D eigenvalue weighted by Crippen LogP contribution is -2.34. The predicted molar refractivity (Wildman–Crippen MR) is 186 cm³/mol. The van der Waals surface area contributed by atoms with E-state index in [1.54, 1.807) is 30.3 Å². The van der Waals surface area contributed by atoms with Crippen LogP contribution in [0.1, 0.15) is 25.7 Å². The Morgan fingerprint density at radius 3 is 1.42 bits per heavy atom. The molecule has 2 aliphatic heterocycles. The average molecular weight is 682 g/mol. The number of rotatable bonds is 7. The van der Waals surface area contributed by atoms with Crippen LogP contribution in [0, 0.1) is 0 Å². The second-order valence-electron chi connectivity index (χ2n) is 12.5. The summed E-state index contributed by atoms with van der Waals surface area (Å²) in [7, 11) is 0. The van der Waals surface area contributed by atoms with E-state index in [0.717, 1.165) is 33.4 Å². The third kappa shape index (κ3) is 5.31. The molecule has 0 unspecified atom stereocenters. The van der Waals surface area contributed by atoms with Crippen LogP contribution in [0.4, 0.5) is 0 Å². The monoisotopic (exact) mass is 680 g/mol. The Kier molecular flexibility index (Phi) is 7.49. The summed E-state index contributed by atoms with van der Waals surface area (Å²) < 4.78 is 6.84. The molecule has 6 aromatic rings. The molecular weight excluding hydrogens is 651 g/mol. The molecule has 2 N–H and O–H groups in total. The number of nitrogens with one attached hydrogen (secondary N) is 2. The van der Waals surface area contributed by atoms with Gasteiger partial charge in [0.2, 0.25) is 11.8 Å². The van der Waals surface area contributed by atoms with Gasteiger partial charge in [0.1, 0.15) is 11.0 Å². The molecule has 242 valence electrons. The molecule has 2 fully saturated rings. The highest BCUT2D eigenvalue weighted by molar-refractivity contribution is 6.39. The third-order valence-electron chi connectivity index (χ3n) is 9.39. The first-order valence-corrected chi connectivity index (χ1v) is 16.6. The minimum absolute atomic E-state index is 0.0128. The highest BCUT2D eigenvalue weighted by Crippen LogP contribution is 2.42. The van der Waals surface area contributed by atoms with E-state index < -0.39 is 0 Å². The van der Waals surface area contributed by atoms with Crippen molar-refractivity contribution in [2.75, 3.05) is 0 Å². The molecule has 2 saturated heterocycles. The van der Waals surface area contributed by atoms with Crippen LogP contribution in [0.5, 0.6) is 0 Å². The van der Waals surface area contributed by atoms with Crippen LogP contribution in [0.3, 0.4) is 0 Å². The van der Waals surface area contributed by atoms with Crippen LogP contribution >= 0.6 is 23.2 Å². The first kappa shape index (κ1) is 30.3. The summed E-state index contributed by atoms with van der Waals surface area (Å²) in [6, 6.07) is 15.0. The summed E-state index contributed by atoms with van der Waals surface area (Å²) in [5, 5.41) is 6.82. The number of nitrogens with zero attached hydrogens (tertiary/aromatic N) is 4. The van der Waals surface area contributed by atoms with Gasteiger partial charge in [-0.05, 0) is 25.0 Å². The molecule has 6 heterocycles. The van der Waals surface area contributed by atoms with Crippen LogP contribution in [0.25, 0.3) is 44.4 Å². The van der Waals surface area contributed by atoms with Gasteiger partial charge in [-0.1, -0.05) is 59.6 Å². The quantitative estimate of drug-likeness (QED) is 0.236. The van der Waals surface area contributed by atoms with E-state index in [9.17, 15) is 19.2 Å². The van der Waals surface area contributed by atoms with Crippen LogP contribution in [0.2, 0.25) is 10.0 Å². The van der Waals surface area contributed by atoms with Crippen molar-refractivity contribution >= 4 is 46.0 Å². The fourth-order valence-electron chi connectivity index (χ4n) is 6.89. The Bertz CT molecular complexity index is 2240. The summed E-state index contributed by atoms with van der Waals surface area (Å²) in [5.74, 6) is 0.0256. The molecule has 8 rings (SSSR count). The van der Waals surface area contributed by atoms with E-state index in [1.165, 1.54) is 0 Å². The Balaban J connectivity index is 1.12. The molecule has 4 aromatic heterocycles. The zero-order valence-corrected chi connectivity index (χ0v) is 27.2. The van der Waals surface area contributed by atoms with Crippen LogP contribution in [0.15, 0.2) is 95.3 Å². The normalized spacial score (nSPS) is 17.8. The number of fused-ring (bicyclic) bond motifs is 2. The van der Waals surface area contributed by atoms with Crippen LogP contribution < -0.4 is 21.8 Å². The molecule has 0 saturated carbocycles. The minimum Gasteiger partial charge on any atom is -0.352 e. The summed E-state index contributed by atoms with van der Waals surface area (Å²) >= 11 is 14.2. The number of aromatic nitrogens is 4. The minimum atomic E-state index is -0.148. The first-order valence-electron chi connectivity index (χ1n) is 15.8. The van der Waals surface area contributed by atoms with Crippen molar-refractivity contribution in [1.29, 1.82) is 0 Å². The molecule has 2 atom stereocenters. The third-order valence-corrected chi connectivity index (χ3v) is 10.2. The first-order chi connectivity index (χ1) is 23.2. The lowest BCUT2D eigenvalue weighted by Gasteiger charge is -2.13. The van der Waals surface area contributed by atoms with Gasteiger partial charge in [-0.15, -0.1) is 0 Å². The predicted octanol–water partition coefficient (Wildman–Crippen LogP) is 5.38. The van der Waals surface area contributed by atoms with Gasteiger partial charge in [0.25, 0.3) is 11.1 Å². The molecule has 48 heavy (non-hydrogen) atoms. The van der Waals surface area contributed by atoms with Gasteiger partial charge in [0, 0.05) is 109 Å². The fraction of sp³-hybridized carbons (Fsp3) is 0.222. The number of hydrogen-bond donors (Lipinski definition) is 2. The maximum absolute atomic E-state index is 13.4. The van der Waals surface area contributed by atoms with Gasteiger partial charge in [-0.2, -0.15) is 0 Å². The van der Waals surface area contributed by atoms with Gasteiger partial charge in [-0.25, -0.2) is 0 Å². The second kappa shape index (κ2) is 11.9. The zero-order valence-electron chi connectivity index (χ0n) is 25.7. The standard InChI is InChI=1S/C36H30Cl2N6O4/c37-33-25(21-15-29-35(47)43(13-11-41(29)17-21)19-23-7-9-31(45)39-23)3-1-5-27(33)28-6-2-4-26(34(28)38)22-16-30-36(48)44(14-12-42(30)18-22)20-24-8-10-32(46)40-24/h1-6,11-18,23-24H,7-10,19-20H2,(H,39,45)(H,40,46)/t23-,24-/m0/s1. The SMILES string of the molecule is O=C1CC[C@@H](Cn2ccn3cc(-c4cccc(-c5cccc(-c6cc7c(=O)n(C[C@@H]8CCC(=O)N8)ccn7c6)c5Cl)c4Cl)cc3c2=O)N1. The Hall–Kier alpha value is -5.06. The number of halogens is 2. The van der Waals surface area contributed by atoms with Gasteiger partial charge in [0.15, 0.2) is 0 Å². The zero-order chi connectivity index (χ0) is 33.1. The van der Waals surface area contributed by atoms with Crippen molar-refractivity contribution in [1.82, 2.24) is 28.6 Å². The molecule has 2 aliphatic rings. The molecule has 2 aromatic carbocycles. The summed E-state index contributed by atoms with van der Waals surface area (Å²) in [4.78, 5) is 50.0. The van der Waals surface area contributed by atoms with Crippen molar-refractivity contribution in [3.8, 4) is 33.4 Å². The van der Waals surface area contributed by atoms with Crippen molar-refractivity contribution in [2.24, 2.45) is 0 Å². The summed E-state index contributed by atoms with van der Waals surface area (Å²) in [6.45, 7) is 0.834. The lowest BCUT2D eigenvalue weighted by molar-refractivity contribution is -0.120. The van der Waals surface area contributed by atoms with E-state index in [-0.39, 0.29) is 35.0 Å². The van der Waals surface area contributed by atoms with E-state index in [2.05, 4.69) is 10.6 Å². The molecule has 0 bridgehead atoms. The topological polar surface area (TPSA) is 111 Å². The molecular formula is C36H30Cl2N6O4. The van der Waals surface area contributed by atoms with E-state index in [0.29, 0.717) is 59.9 Å². The number of amides is 2. The van der Waals surface area contributed by atoms with Gasteiger partial charge < -0.3 is 28.6 Å². The van der Waals surface area contributed by atoms with E-state index in [4.69, 9.17) is 23.2 Å². The van der Waals surface area contributed by atoms with Crippen molar-refractivity contribution in [3.05, 3.63) is 116 Å². The van der Waals surface area contributed by atoms with Crippen molar-refractivity contribution < 1.29 is 9.59 Å². The largest absolute Gasteiger partial charge is 0.352 e. The highest BCUT2D eigenvalue weighted by atomic mass is 35.5. The van der Waals surface area contributed by atoms with E-state index >= 15 is 0 Å². The summed E-state index contributed by atoms with van der Waals surface area (Å²) in [5.41, 5.74) is 5.25. The van der Waals surface area contributed by atoms with Gasteiger partial charge >= 0.3 is 0 Å². The Labute approximate surface area is 284 Å². The number of carbonyl (C=O) groups is 2. The number of hydrogen-bond acceptors (Lipinski definition) is 4. The Morgan fingerprint density at radius 1 is 0.604 bits per heavy atom. The lowest BCUT2D eigenvalue weighted by atomic mass is 9.97. The molecule has 12 heteroatoms. The number of carbonyl (C=O) groups excluding carboxylic acids is 2. The Morgan fingerprint density at radius 2 is 1.02 bits per heavy atom. The van der Waals surface area contributed by atoms with Crippen LogP contribution in [-0.2, 0) is 22.7 Å². The summed E-state index contributed by atoms with van der Waals surface area (Å²) in [6.07, 6.45) is 13.3. The maximum atomic E-state index is 13.4. The molecule has 0 radical (unpaired) electrons. The fourth-order valence-corrected chi connectivity index (χ4v) is 7.57. The molecule has 10 nitrogen and oxygen atoms in total. The highest BCUT2D eigenvalue weighted by Gasteiger charge is 2.23. The smallest absolute Gasteiger partial charge is 0.274 e. The van der Waals surface area contributed by atoms with Crippen LogP contribution in [-0.4, -0.2) is 41.8 Å². The molecule has 2 amide bonds. The molecule has 0 aliphatic carbocycles. The average Bonchev–Trinajstić information content (AvgIpc) is 3.88.